The highest BCUT2D eigenvalue weighted by Gasteiger charge is 2.29. The number of nitrogens with one attached hydrogen (secondary N) is 1. The van der Waals surface area contributed by atoms with E-state index in [1.165, 1.54) is 10.8 Å². The number of carbonyl (C=O) groups excluding carboxylic acids is 1. The molecular weight excluding hydrogens is 294 g/mol. The zero-order valence-electron chi connectivity index (χ0n) is 11.8. The van der Waals surface area contributed by atoms with Gasteiger partial charge in [-0.05, 0) is 34.0 Å². The number of carbonyl (C=O) groups is 1. The van der Waals surface area contributed by atoms with Crippen LogP contribution >= 0.6 is 11.6 Å². The molecule has 0 spiro atoms. The van der Waals surface area contributed by atoms with Crippen molar-refractivity contribution in [1.29, 1.82) is 0 Å². The van der Waals surface area contributed by atoms with E-state index in [0.717, 1.165) is 16.8 Å². The third-order valence-electron chi connectivity index (χ3n) is 4.26. The van der Waals surface area contributed by atoms with E-state index < -0.39 is 0 Å². The van der Waals surface area contributed by atoms with Crippen molar-refractivity contribution in [2.75, 3.05) is 5.32 Å². The monoisotopic (exact) mass is 307 g/mol. The lowest BCUT2D eigenvalue weighted by atomic mass is 9.82. The molecule has 108 valence electrons. The molecule has 0 bridgehead atoms. The van der Waals surface area contributed by atoms with Crippen molar-refractivity contribution in [2.45, 2.75) is 12.3 Å². The predicted molar refractivity (Wildman–Crippen MR) is 90.5 cm³/mol. The average Bonchev–Trinajstić information content (AvgIpc) is 2.54. The SMILES string of the molecule is O=C1C[C@@H](c2ccccc2Cl)c2c(ccc3ccccc23)N1. The molecule has 3 aromatic rings. The van der Waals surface area contributed by atoms with Crippen LogP contribution in [0.3, 0.4) is 0 Å². The number of hydrogen-bond donors (Lipinski definition) is 1. The summed E-state index contributed by atoms with van der Waals surface area (Å²) in [6, 6.07) is 20.1. The Hall–Kier alpha value is -2.32. The van der Waals surface area contributed by atoms with Crippen LogP contribution in [0.5, 0.6) is 0 Å². The Bertz CT molecular complexity index is 887. The van der Waals surface area contributed by atoms with Crippen molar-refractivity contribution in [3.63, 3.8) is 0 Å². The van der Waals surface area contributed by atoms with Crippen LogP contribution < -0.4 is 5.32 Å². The Labute approximate surface area is 133 Å². The molecule has 0 radical (unpaired) electrons. The molecule has 2 nitrogen and oxygen atoms in total. The Kier molecular flexibility index (Phi) is 3.12. The molecule has 0 unspecified atom stereocenters. The Morgan fingerprint density at radius 3 is 2.59 bits per heavy atom. The molecule has 0 aromatic heterocycles. The van der Waals surface area contributed by atoms with E-state index >= 15 is 0 Å². The number of amides is 1. The Morgan fingerprint density at radius 1 is 0.955 bits per heavy atom. The van der Waals surface area contributed by atoms with Crippen LogP contribution in [0.25, 0.3) is 10.8 Å². The van der Waals surface area contributed by atoms with E-state index in [1.807, 2.05) is 48.5 Å². The number of fused-ring (bicyclic) bond motifs is 3. The van der Waals surface area contributed by atoms with Crippen molar-refractivity contribution in [3.8, 4) is 0 Å². The molecule has 1 heterocycles. The summed E-state index contributed by atoms with van der Waals surface area (Å²) in [5.41, 5.74) is 3.06. The molecule has 1 N–H and O–H groups in total. The lowest BCUT2D eigenvalue weighted by Crippen LogP contribution is -2.23. The van der Waals surface area contributed by atoms with Crippen molar-refractivity contribution in [3.05, 3.63) is 76.8 Å². The second kappa shape index (κ2) is 5.15. The fourth-order valence-corrected chi connectivity index (χ4v) is 3.56. The fraction of sp³-hybridized carbons (Fsp3) is 0.105. The summed E-state index contributed by atoms with van der Waals surface area (Å²) in [7, 11) is 0. The minimum absolute atomic E-state index is 0.0106. The molecule has 1 aliphatic heterocycles. The number of hydrogen-bond acceptors (Lipinski definition) is 1. The first-order valence-corrected chi connectivity index (χ1v) is 7.68. The first kappa shape index (κ1) is 13.4. The summed E-state index contributed by atoms with van der Waals surface area (Å²) in [6.45, 7) is 0. The van der Waals surface area contributed by atoms with Gasteiger partial charge in [-0.1, -0.05) is 60.1 Å². The highest BCUT2D eigenvalue weighted by atomic mass is 35.5. The normalized spacial score (nSPS) is 17.1. The van der Waals surface area contributed by atoms with Gasteiger partial charge in [-0.2, -0.15) is 0 Å². The van der Waals surface area contributed by atoms with Crippen molar-refractivity contribution < 1.29 is 4.79 Å². The van der Waals surface area contributed by atoms with Gasteiger partial charge in [0.25, 0.3) is 0 Å². The first-order valence-electron chi connectivity index (χ1n) is 7.30. The largest absolute Gasteiger partial charge is 0.326 e. The molecule has 1 atom stereocenters. The molecule has 0 fully saturated rings. The van der Waals surface area contributed by atoms with E-state index in [0.29, 0.717) is 11.4 Å². The maximum Gasteiger partial charge on any atom is 0.225 e. The van der Waals surface area contributed by atoms with E-state index in [-0.39, 0.29) is 11.8 Å². The molecule has 3 heteroatoms. The van der Waals surface area contributed by atoms with Crippen molar-refractivity contribution in [2.24, 2.45) is 0 Å². The maximum absolute atomic E-state index is 12.1. The Morgan fingerprint density at radius 2 is 1.73 bits per heavy atom. The third-order valence-corrected chi connectivity index (χ3v) is 4.61. The highest BCUT2D eigenvalue weighted by Crippen LogP contribution is 2.43. The fourth-order valence-electron chi connectivity index (χ4n) is 3.29. The lowest BCUT2D eigenvalue weighted by molar-refractivity contribution is -0.116. The molecule has 3 aromatic carbocycles. The van der Waals surface area contributed by atoms with E-state index in [2.05, 4.69) is 17.4 Å². The van der Waals surface area contributed by atoms with Gasteiger partial charge in [-0.25, -0.2) is 0 Å². The molecule has 4 rings (SSSR count). The van der Waals surface area contributed by atoms with Gasteiger partial charge in [0.05, 0.1) is 0 Å². The zero-order valence-corrected chi connectivity index (χ0v) is 12.6. The summed E-state index contributed by atoms with van der Waals surface area (Å²) >= 11 is 6.39. The maximum atomic E-state index is 12.1. The predicted octanol–water partition coefficient (Wildman–Crippen LogP) is 4.97. The third kappa shape index (κ3) is 2.08. The molecule has 22 heavy (non-hydrogen) atoms. The van der Waals surface area contributed by atoms with Crippen LogP contribution in [-0.2, 0) is 4.79 Å². The van der Waals surface area contributed by atoms with Crippen LogP contribution in [0.2, 0.25) is 5.02 Å². The first-order chi connectivity index (χ1) is 10.7. The van der Waals surface area contributed by atoms with Gasteiger partial charge in [-0.3, -0.25) is 4.79 Å². The van der Waals surface area contributed by atoms with Crippen molar-refractivity contribution in [1.82, 2.24) is 0 Å². The van der Waals surface area contributed by atoms with Gasteiger partial charge >= 0.3 is 0 Å². The van der Waals surface area contributed by atoms with Gasteiger partial charge in [0, 0.05) is 23.0 Å². The van der Waals surface area contributed by atoms with Gasteiger partial charge in [0.2, 0.25) is 5.91 Å². The average molecular weight is 308 g/mol. The van der Waals surface area contributed by atoms with Crippen LogP contribution in [0.15, 0.2) is 60.7 Å². The van der Waals surface area contributed by atoms with Gasteiger partial charge in [0.1, 0.15) is 0 Å². The summed E-state index contributed by atoms with van der Waals surface area (Å²) < 4.78 is 0. The number of rotatable bonds is 1. The minimum Gasteiger partial charge on any atom is -0.326 e. The van der Waals surface area contributed by atoms with Crippen LogP contribution in [0.1, 0.15) is 23.5 Å². The second-order valence-electron chi connectivity index (χ2n) is 5.57. The molecular formula is C19H14ClNO. The van der Waals surface area contributed by atoms with Crippen LogP contribution in [0.4, 0.5) is 5.69 Å². The van der Waals surface area contributed by atoms with E-state index in [4.69, 9.17) is 11.6 Å². The van der Waals surface area contributed by atoms with E-state index in [1.54, 1.807) is 0 Å². The summed E-state index contributed by atoms with van der Waals surface area (Å²) in [5, 5.41) is 6.05. The molecule has 0 aliphatic carbocycles. The number of anilines is 1. The van der Waals surface area contributed by atoms with E-state index in [9.17, 15) is 4.79 Å². The summed E-state index contributed by atoms with van der Waals surface area (Å²) in [6.07, 6.45) is 0.421. The number of benzene rings is 3. The molecule has 0 saturated carbocycles. The van der Waals surface area contributed by atoms with Crippen LogP contribution in [0, 0.1) is 0 Å². The van der Waals surface area contributed by atoms with Gasteiger partial charge < -0.3 is 5.32 Å². The lowest BCUT2D eigenvalue weighted by Gasteiger charge is -2.28. The molecule has 1 amide bonds. The minimum atomic E-state index is -0.0106. The summed E-state index contributed by atoms with van der Waals surface area (Å²) in [4.78, 5) is 12.1. The number of halogens is 1. The summed E-state index contributed by atoms with van der Waals surface area (Å²) in [5.74, 6) is 0.0243. The zero-order chi connectivity index (χ0) is 15.1. The standard InChI is InChI=1S/C19H14ClNO/c20-16-8-4-3-7-14(16)15-11-18(22)21-17-10-9-12-5-1-2-6-13(12)19(15)17/h1-10,15H,11H2,(H,21,22)/t15-/m0/s1. The quantitative estimate of drug-likeness (QED) is 0.676. The second-order valence-corrected chi connectivity index (χ2v) is 5.98. The molecule has 0 saturated heterocycles. The van der Waals surface area contributed by atoms with Gasteiger partial charge in [-0.15, -0.1) is 0 Å². The smallest absolute Gasteiger partial charge is 0.225 e. The topological polar surface area (TPSA) is 29.1 Å². The molecule has 1 aliphatic rings. The Balaban J connectivity index is 2.02. The van der Waals surface area contributed by atoms with Crippen molar-refractivity contribution >= 4 is 34.0 Å². The highest BCUT2D eigenvalue weighted by molar-refractivity contribution is 6.31. The van der Waals surface area contributed by atoms with Crippen LogP contribution in [-0.4, -0.2) is 5.91 Å². The van der Waals surface area contributed by atoms with Gasteiger partial charge in [0.15, 0.2) is 0 Å².